The molecule has 2 rings (SSSR count). The lowest BCUT2D eigenvalue weighted by atomic mass is 10.2. The van der Waals surface area contributed by atoms with Crippen LogP contribution in [0.15, 0.2) is 16.3 Å². The van der Waals surface area contributed by atoms with Gasteiger partial charge >= 0.3 is 0 Å². The Labute approximate surface area is 116 Å². The molecular weight excluding hydrogens is 286 g/mol. The van der Waals surface area contributed by atoms with Gasteiger partial charge in [-0.15, -0.1) is 11.3 Å². The number of carbonyl (C=O) groups is 1. The fourth-order valence-electron chi connectivity index (χ4n) is 1.97. The molecule has 0 bridgehead atoms. The van der Waals surface area contributed by atoms with Crippen molar-refractivity contribution in [3.05, 3.63) is 16.3 Å². The summed E-state index contributed by atoms with van der Waals surface area (Å²) in [6, 6.07) is 1.56. The minimum absolute atomic E-state index is 0.100. The number of rotatable bonds is 3. The van der Waals surface area contributed by atoms with E-state index in [4.69, 9.17) is 0 Å². The standard InChI is InChI=1S/C11H17N3O3S2/c1-8-6-13-3-4-14(8)11(15)10-5-9(7-18-10)19(16,17)12-2/h5,7-8,12-13H,3-4,6H2,1-2H3/t8-/m0/s1. The quantitative estimate of drug-likeness (QED) is 0.829. The van der Waals surface area contributed by atoms with E-state index in [1.54, 1.807) is 4.90 Å². The highest BCUT2D eigenvalue weighted by atomic mass is 32.2. The van der Waals surface area contributed by atoms with Crippen LogP contribution in [0, 0.1) is 0 Å². The fraction of sp³-hybridized carbons (Fsp3) is 0.545. The minimum atomic E-state index is -3.48. The van der Waals surface area contributed by atoms with Gasteiger partial charge in [-0.25, -0.2) is 13.1 Å². The van der Waals surface area contributed by atoms with Crippen LogP contribution in [0.25, 0.3) is 0 Å². The van der Waals surface area contributed by atoms with Crippen molar-refractivity contribution in [2.45, 2.75) is 17.9 Å². The number of piperazine rings is 1. The van der Waals surface area contributed by atoms with Gasteiger partial charge in [0.05, 0.1) is 9.77 Å². The third kappa shape index (κ3) is 2.97. The number of nitrogens with one attached hydrogen (secondary N) is 2. The molecule has 0 saturated carbocycles. The minimum Gasteiger partial charge on any atom is -0.333 e. The largest absolute Gasteiger partial charge is 0.333 e. The van der Waals surface area contributed by atoms with E-state index in [1.165, 1.54) is 18.5 Å². The van der Waals surface area contributed by atoms with Crippen molar-refractivity contribution < 1.29 is 13.2 Å². The highest BCUT2D eigenvalue weighted by molar-refractivity contribution is 7.89. The third-order valence-electron chi connectivity index (χ3n) is 3.13. The van der Waals surface area contributed by atoms with Gasteiger partial charge in [-0.3, -0.25) is 4.79 Å². The number of nitrogens with zero attached hydrogens (tertiary/aromatic N) is 1. The van der Waals surface area contributed by atoms with Crippen LogP contribution in [0.4, 0.5) is 0 Å². The lowest BCUT2D eigenvalue weighted by molar-refractivity contribution is 0.0660. The van der Waals surface area contributed by atoms with E-state index in [-0.39, 0.29) is 16.8 Å². The number of hydrogen-bond acceptors (Lipinski definition) is 5. The second-order valence-electron chi connectivity index (χ2n) is 4.41. The molecule has 106 valence electrons. The number of thiophene rings is 1. The molecule has 2 N–H and O–H groups in total. The van der Waals surface area contributed by atoms with Crippen LogP contribution in [0.3, 0.4) is 0 Å². The van der Waals surface area contributed by atoms with Crippen molar-refractivity contribution >= 4 is 27.3 Å². The summed E-state index contributed by atoms with van der Waals surface area (Å²) in [5.74, 6) is -0.100. The Hall–Kier alpha value is -0.960. The van der Waals surface area contributed by atoms with Crippen LogP contribution >= 0.6 is 11.3 Å². The SMILES string of the molecule is CNS(=O)(=O)c1csc(C(=O)N2CCNC[C@@H]2C)c1. The van der Waals surface area contributed by atoms with Crippen molar-refractivity contribution in [2.24, 2.45) is 0 Å². The molecule has 8 heteroatoms. The van der Waals surface area contributed by atoms with Crippen molar-refractivity contribution in [2.75, 3.05) is 26.7 Å². The summed E-state index contributed by atoms with van der Waals surface area (Å²) in [7, 11) is -2.12. The zero-order valence-electron chi connectivity index (χ0n) is 10.8. The first kappa shape index (κ1) is 14.4. The zero-order valence-corrected chi connectivity index (χ0v) is 12.5. The first-order valence-electron chi connectivity index (χ1n) is 5.99. The van der Waals surface area contributed by atoms with Gasteiger partial charge in [0.25, 0.3) is 5.91 Å². The van der Waals surface area contributed by atoms with Gasteiger partial charge in [0.2, 0.25) is 10.0 Å². The predicted octanol–water partition coefficient (Wildman–Crippen LogP) is 0.0901. The molecular formula is C11H17N3O3S2. The molecule has 0 unspecified atom stereocenters. The molecule has 1 aliphatic heterocycles. The summed E-state index contributed by atoms with van der Waals surface area (Å²) in [5.41, 5.74) is 0. The van der Waals surface area contributed by atoms with E-state index >= 15 is 0 Å². The number of carbonyl (C=O) groups excluding carboxylic acids is 1. The smallest absolute Gasteiger partial charge is 0.264 e. The van der Waals surface area contributed by atoms with Gasteiger partial charge in [-0.1, -0.05) is 0 Å². The zero-order chi connectivity index (χ0) is 14.0. The molecule has 19 heavy (non-hydrogen) atoms. The van der Waals surface area contributed by atoms with Crippen LogP contribution in [0.5, 0.6) is 0 Å². The van der Waals surface area contributed by atoms with Crippen molar-refractivity contribution in [1.82, 2.24) is 14.9 Å². The van der Waals surface area contributed by atoms with E-state index in [1.807, 2.05) is 6.92 Å². The van der Waals surface area contributed by atoms with Gasteiger partial charge in [-0.2, -0.15) is 0 Å². The van der Waals surface area contributed by atoms with Gasteiger partial charge in [0, 0.05) is 31.1 Å². The van der Waals surface area contributed by atoms with E-state index in [9.17, 15) is 13.2 Å². The average Bonchev–Trinajstić information content (AvgIpc) is 2.89. The Bertz CT molecular complexity index is 567. The topological polar surface area (TPSA) is 78.5 Å². The average molecular weight is 303 g/mol. The normalized spacial score (nSPS) is 20.5. The van der Waals surface area contributed by atoms with Gasteiger partial charge in [0.1, 0.15) is 0 Å². The Morgan fingerprint density at radius 1 is 1.58 bits per heavy atom. The summed E-state index contributed by atoms with van der Waals surface area (Å²) in [6.07, 6.45) is 0. The first-order chi connectivity index (χ1) is 8.95. The summed E-state index contributed by atoms with van der Waals surface area (Å²) in [6.45, 7) is 4.15. The van der Waals surface area contributed by atoms with Gasteiger partial charge in [0.15, 0.2) is 0 Å². The molecule has 1 aromatic heterocycles. The van der Waals surface area contributed by atoms with E-state index < -0.39 is 10.0 Å². The van der Waals surface area contributed by atoms with Gasteiger partial charge in [-0.05, 0) is 20.0 Å². The Kier molecular flexibility index (Phi) is 4.24. The van der Waals surface area contributed by atoms with E-state index in [0.29, 0.717) is 11.4 Å². The maximum atomic E-state index is 12.3. The van der Waals surface area contributed by atoms with E-state index in [2.05, 4.69) is 10.0 Å². The second kappa shape index (κ2) is 5.58. The van der Waals surface area contributed by atoms with Gasteiger partial charge < -0.3 is 10.2 Å². The molecule has 1 aromatic rings. The molecule has 1 aliphatic rings. The van der Waals surface area contributed by atoms with Crippen LogP contribution in [0.2, 0.25) is 0 Å². The molecule has 1 amide bonds. The maximum absolute atomic E-state index is 12.3. The summed E-state index contributed by atoms with van der Waals surface area (Å²) in [4.78, 5) is 14.7. The Morgan fingerprint density at radius 2 is 2.32 bits per heavy atom. The highest BCUT2D eigenvalue weighted by Gasteiger charge is 2.26. The monoisotopic (exact) mass is 303 g/mol. The fourth-order valence-corrected chi connectivity index (χ4v) is 3.93. The molecule has 1 saturated heterocycles. The number of hydrogen-bond donors (Lipinski definition) is 2. The Balaban J connectivity index is 2.21. The summed E-state index contributed by atoms with van der Waals surface area (Å²) in [5, 5.41) is 4.71. The molecule has 0 radical (unpaired) electrons. The summed E-state index contributed by atoms with van der Waals surface area (Å²) >= 11 is 1.16. The molecule has 2 heterocycles. The molecule has 1 fully saturated rings. The van der Waals surface area contributed by atoms with Crippen LogP contribution in [-0.4, -0.2) is 51.9 Å². The third-order valence-corrected chi connectivity index (χ3v) is 5.59. The van der Waals surface area contributed by atoms with E-state index in [0.717, 1.165) is 24.4 Å². The van der Waals surface area contributed by atoms with Crippen molar-refractivity contribution in [3.63, 3.8) is 0 Å². The Morgan fingerprint density at radius 3 is 2.95 bits per heavy atom. The lowest BCUT2D eigenvalue weighted by Gasteiger charge is -2.33. The van der Waals surface area contributed by atoms with Crippen molar-refractivity contribution in [3.8, 4) is 0 Å². The molecule has 0 aliphatic carbocycles. The van der Waals surface area contributed by atoms with Crippen molar-refractivity contribution in [1.29, 1.82) is 0 Å². The molecule has 6 nitrogen and oxygen atoms in total. The molecule has 1 atom stereocenters. The lowest BCUT2D eigenvalue weighted by Crippen LogP contribution is -2.52. The van der Waals surface area contributed by atoms with Crippen LogP contribution < -0.4 is 10.0 Å². The maximum Gasteiger partial charge on any atom is 0.264 e. The first-order valence-corrected chi connectivity index (χ1v) is 8.36. The molecule has 0 spiro atoms. The van der Waals surface area contributed by atoms with Crippen LogP contribution in [-0.2, 0) is 10.0 Å². The number of sulfonamides is 1. The second-order valence-corrected chi connectivity index (χ2v) is 7.20. The highest BCUT2D eigenvalue weighted by Crippen LogP contribution is 2.21. The number of amides is 1. The molecule has 0 aromatic carbocycles. The summed E-state index contributed by atoms with van der Waals surface area (Å²) < 4.78 is 25.5. The van der Waals surface area contributed by atoms with Crippen LogP contribution in [0.1, 0.15) is 16.6 Å². The predicted molar refractivity (Wildman–Crippen MR) is 73.9 cm³/mol.